The van der Waals surface area contributed by atoms with Crippen molar-refractivity contribution in [3.63, 3.8) is 0 Å². The predicted molar refractivity (Wildman–Crippen MR) is 73.7 cm³/mol. The monoisotopic (exact) mass is 299 g/mol. The summed E-state index contributed by atoms with van der Waals surface area (Å²) in [6, 6.07) is -1.20. The lowest BCUT2D eigenvalue weighted by Gasteiger charge is -2.22. The maximum atomic E-state index is 12.0. The van der Waals surface area contributed by atoms with Gasteiger partial charge in [-0.2, -0.15) is 4.79 Å². The lowest BCUT2D eigenvalue weighted by atomic mass is 10.0. The molecule has 0 aromatic heterocycles. The Morgan fingerprint density at radius 2 is 2.00 bits per heavy atom. The molecule has 0 bridgehead atoms. The Morgan fingerprint density at radius 3 is 2.43 bits per heavy atom. The van der Waals surface area contributed by atoms with E-state index in [0.29, 0.717) is 12.8 Å². The van der Waals surface area contributed by atoms with E-state index in [-0.39, 0.29) is 18.8 Å². The zero-order chi connectivity index (χ0) is 16.4. The van der Waals surface area contributed by atoms with Gasteiger partial charge in [-0.05, 0) is 19.3 Å². The predicted octanol–water partition coefficient (Wildman–Crippen LogP) is 0.267. The molecule has 8 nitrogen and oxygen atoms in total. The molecule has 0 radical (unpaired) electrons. The number of amides is 1. The molecular formula is C13H21N3O5. The summed E-state index contributed by atoms with van der Waals surface area (Å²) in [4.78, 5) is 36.8. The third-order valence-corrected chi connectivity index (χ3v) is 2.71. The summed E-state index contributed by atoms with van der Waals surface area (Å²) >= 11 is 0. The van der Waals surface area contributed by atoms with Gasteiger partial charge in [0.05, 0.1) is 0 Å². The maximum absolute atomic E-state index is 12.0. The third kappa shape index (κ3) is 7.34. The molecule has 2 N–H and O–H groups in total. The summed E-state index contributed by atoms with van der Waals surface area (Å²) in [5.74, 6) is -2.40. The maximum Gasteiger partial charge on any atom is 0.326 e. The van der Waals surface area contributed by atoms with Crippen LogP contribution in [0.4, 0.5) is 0 Å². The molecule has 0 aliphatic rings. The van der Waals surface area contributed by atoms with Crippen LogP contribution in [-0.2, 0) is 19.1 Å². The first-order valence-corrected chi connectivity index (χ1v) is 6.68. The molecule has 0 rings (SSSR count). The second-order valence-corrected chi connectivity index (χ2v) is 4.77. The Labute approximate surface area is 123 Å². The highest BCUT2D eigenvalue weighted by atomic mass is 16.5. The summed E-state index contributed by atoms with van der Waals surface area (Å²) in [6.45, 7) is 5.65. The second kappa shape index (κ2) is 9.79. The molecule has 1 amide bonds. The molecule has 0 aromatic carbocycles. The zero-order valence-electron chi connectivity index (χ0n) is 12.4. The van der Waals surface area contributed by atoms with E-state index < -0.39 is 29.8 Å². The first-order chi connectivity index (χ1) is 9.83. The van der Waals surface area contributed by atoms with Crippen molar-refractivity contribution in [2.45, 2.75) is 45.8 Å². The van der Waals surface area contributed by atoms with Gasteiger partial charge in [-0.15, -0.1) is 0 Å². The summed E-state index contributed by atoms with van der Waals surface area (Å²) < 4.78 is 5.28. The van der Waals surface area contributed by atoms with Crippen molar-refractivity contribution in [2.75, 3.05) is 6.61 Å². The third-order valence-electron chi connectivity index (χ3n) is 2.71. The van der Waals surface area contributed by atoms with Crippen LogP contribution in [0.1, 0.15) is 33.6 Å². The van der Waals surface area contributed by atoms with Crippen LogP contribution < -0.4 is 5.32 Å². The molecule has 2 atom stereocenters. The Balaban J connectivity index is 4.68. The molecule has 8 heteroatoms. The highest BCUT2D eigenvalue weighted by Crippen LogP contribution is 2.08. The first-order valence-electron chi connectivity index (χ1n) is 6.68. The van der Waals surface area contributed by atoms with E-state index in [1.165, 1.54) is 0 Å². The molecule has 0 aromatic rings. The van der Waals surface area contributed by atoms with Crippen molar-refractivity contribution in [2.24, 2.45) is 5.92 Å². The molecule has 0 saturated heterocycles. The van der Waals surface area contributed by atoms with Gasteiger partial charge < -0.3 is 20.7 Å². The molecule has 118 valence electrons. The molecule has 0 unspecified atom stereocenters. The number of carboxylic acid groups (broad SMARTS) is 1. The summed E-state index contributed by atoms with van der Waals surface area (Å²) in [5, 5.41) is 11.4. The number of carbonyl (C=O) groups is 3. The van der Waals surface area contributed by atoms with Gasteiger partial charge in [-0.3, -0.25) is 9.59 Å². The zero-order valence-corrected chi connectivity index (χ0v) is 12.4. The van der Waals surface area contributed by atoms with Gasteiger partial charge in [0.2, 0.25) is 11.7 Å². The van der Waals surface area contributed by atoms with Gasteiger partial charge in [0.15, 0.2) is 0 Å². The average Bonchev–Trinajstić information content (AvgIpc) is 2.40. The Morgan fingerprint density at radius 1 is 1.38 bits per heavy atom. The number of aliphatic carboxylic acids is 1. The van der Waals surface area contributed by atoms with Gasteiger partial charge in [-0.1, -0.05) is 13.8 Å². The Kier molecular flexibility index (Phi) is 8.84. The summed E-state index contributed by atoms with van der Waals surface area (Å²) in [7, 11) is 0. The minimum atomic E-state index is -1.24. The molecular weight excluding hydrogens is 278 g/mol. The number of rotatable bonds is 10. The number of Topliss-reactive ketones (excluding diaryl/α,β-unsaturated/α-hetero) is 1. The van der Waals surface area contributed by atoms with Crippen molar-refractivity contribution in [1.29, 1.82) is 0 Å². The SMILES string of the molecule is CCO[C@H](C(=O)N[C@@H](CCC(=O)C=[N+]=[N-])C(=O)O)C(C)C. The van der Waals surface area contributed by atoms with Crippen LogP contribution in [0.2, 0.25) is 0 Å². The number of ketones is 1. The fourth-order valence-electron chi connectivity index (χ4n) is 1.68. The van der Waals surface area contributed by atoms with E-state index in [1.807, 2.05) is 0 Å². The van der Waals surface area contributed by atoms with Crippen LogP contribution >= 0.6 is 0 Å². The smallest absolute Gasteiger partial charge is 0.326 e. The number of hydrogen-bond acceptors (Lipinski definition) is 4. The quantitative estimate of drug-likeness (QED) is 0.340. The van der Waals surface area contributed by atoms with E-state index in [9.17, 15) is 14.4 Å². The standard InChI is InChI=1S/C13H21N3O5/c1-4-21-11(8(2)3)12(18)16-10(13(19)20)6-5-9(17)7-15-14/h7-8,10-11H,4-6H2,1-3H3,(H,16,18)(H,19,20)/t10-,11-/m0/s1. The van der Waals surface area contributed by atoms with Gasteiger partial charge in [0, 0.05) is 13.0 Å². The second-order valence-electron chi connectivity index (χ2n) is 4.77. The minimum absolute atomic E-state index is 0.0944. The number of carbonyl (C=O) groups excluding carboxylic acids is 2. The fourth-order valence-corrected chi connectivity index (χ4v) is 1.68. The van der Waals surface area contributed by atoms with Crippen molar-refractivity contribution in [3.05, 3.63) is 5.53 Å². The highest BCUT2D eigenvalue weighted by molar-refractivity contribution is 6.25. The largest absolute Gasteiger partial charge is 0.480 e. The van der Waals surface area contributed by atoms with Gasteiger partial charge in [-0.25, -0.2) is 4.79 Å². The number of carboxylic acids is 1. The summed E-state index contributed by atoms with van der Waals surface area (Å²) in [5.41, 5.74) is 8.20. The lowest BCUT2D eigenvalue weighted by Crippen LogP contribution is -2.48. The van der Waals surface area contributed by atoms with Crippen LogP contribution in [0, 0.1) is 5.92 Å². The number of hydrogen-bond donors (Lipinski definition) is 2. The molecule has 0 heterocycles. The molecule has 0 spiro atoms. The molecule has 0 aliphatic carbocycles. The summed E-state index contributed by atoms with van der Waals surface area (Å²) in [6.07, 6.45) is -0.297. The number of ether oxygens (including phenoxy) is 1. The van der Waals surface area contributed by atoms with Crippen molar-refractivity contribution in [1.82, 2.24) is 5.32 Å². The van der Waals surface area contributed by atoms with E-state index in [2.05, 4.69) is 10.1 Å². The van der Waals surface area contributed by atoms with E-state index in [4.69, 9.17) is 15.4 Å². The number of nitrogens with zero attached hydrogens (tertiary/aromatic N) is 2. The van der Waals surface area contributed by atoms with Gasteiger partial charge in [0.1, 0.15) is 12.1 Å². The molecule has 0 fully saturated rings. The van der Waals surface area contributed by atoms with Crippen molar-refractivity contribution >= 4 is 23.9 Å². The van der Waals surface area contributed by atoms with Gasteiger partial charge >= 0.3 is 12.2 Å². The van der Waals surface area contributed by atoms with Crippen LogP contribution in [0.25, 0.3) is 5.53 Å². The van der Waals surface area contributed by atoms with E-state index in [0.717, 1.165) is 0 Å². The normalized spacial score (nSPS) is 13.1. The molecule has 21 heavy (non-hydrogen) atoms. The Hall–Kier alpha value is -2.05. The van der Waals surface area contributed by atoms with Crippen LogP contribution in [0.15, 0.2) is 0 Å². The van der Waals surface area contributed by atoms with Crippen molar-refractivity contribution in [3.8, 4) is 0 Å². The topological polar surface area (TPSA) is 129 Å². The van der Waals surface area contributed by atoms with E-state index in [1.54, 1.807) is 20.8 Å². The molecule has 0 saturated carbocycles. The molecule has 0 aliphatic heterocycles. The average molecular weight is 299 g/mol. The van der Waals surface area contributed by atoms with Crippen LogP contribution in [0.5, 0.6) is 0 Å². The van der Waals surface area contributed by atoms with Crippen LogP contribution in [0.3, 0.4) is 0 Å². The van der Waals surface area contributed by atoms with E-state index >= 15 is 0 Å². The highest BCUT2D eigenvalue weighted by Gasteiger charge is 2.28. The lowest BCUT2D eigenvalue weighted by molar-refractivity contribution is -0.145. The first kappa shape index (κ1) is 18.9. The fraction of sp³-hybridized carbons (Fsp3) is 0.692. The van der Waals surface area contributed by atoms with Gasteiger partial charge in [0.25, 0.3) is 0 Å². The van der Waals surface area contributed by atoms with Crippen molar-refractivity contribution < 1.29 is 29.0 Å². The van der Waals surface area contributed by atoms with Crippen LogP contribution in [-0.4, -0.2) is 52.5 Å². The number of nitrogens with one attached hydrogen (secondary N) is 1. The minimum Gasteiger partial charge on any atom is -0.480 e. The Bertz CT molecular complexity index is 430.